The fourth-order valence-corrected chi connectivity index (χ4v) is 4.13. The Morgan fingerprint density at radius 3 is 2.34 bits per heavy atom. The lowest BCUT2D eigenvalue weighted by molar-refractivity contribution is -0.137. The topological polar surface area (TPSA) is 107 Å². The molecule has 0 radical (unpaired) electrons. The van der Waals surface area contributed by atoms with Gasteiger partial charge in [-0.25, -0.2) is 4.79 Å². The summed E-state index contributed by atoms with van der Waals surface area (Å²) in [4.78, 5) is 11.1. The van der Waals surface area contributed by atoms with E-state index in [4.69, 9.17) is 5.11 Å². The summed E-state index contributed by atoms with van der Waals surface area (Å²) < 4.78 is 38.9. The predicted octanol–water partition coefficient (Wildman–Crippen LogP) is 5.01. The van der Waals surface area contributed by atoms with Crippen LogP contribution in [-0.4, -0.2) is 38.6 Å². The summed E-state index contributed by atoms with van der Waals surface area (Å²) in [6, 6.07) is 9.37. The molecule has 32 heavy (non-hydrogen) atoms. The Balaban J connectivity index is 1.72. The third-order valence-electron chi connectivity index (χ3n) is 5.66. The molecule has 1 heterocycles. The predicted molar refractivity (Wildman–Crippen MR) is 112 cm³/mol. The molecule has 168 valence electrons. The molecular weight excluding hydrogens is 425 g/mol. The molecule has 4 N–H and O–H groups in total. The number of halogens is 3. The molecule has 0 saturated heterocycles. The van der Waals surface area contributed by atoms with Gasteiger partial charge in [-0.2, -0.15) is 13.2 Å². The van der Waals surface area contributed by atoms with E-state index in [1.165, 1.54) is 6.07 Å². The Kier molecular flexibility index (Phi) is 5.77. The average Bonchev–Trinajstić information content (AvgIpc) is 2.74. The number of hydrogen-bond donors (Lipinski definition) is 4. The second-order valence-corrected chi connectivity index (χ2v) is 7.76. The maximum Gasteiger partial charge on any atom is 0.416 e. The van der Waals surface area contributed by atoms with Crippen LogP contribution >= 0.6 is 0 Å². The van der Waals surface area contributed by atoms with Crippen LogP contribution in [0.4, 0.5) is 23.8 Å². The number of benzene rings is 2. The summed E-state index contributed by atoms with van der Waals surface area (Å²) in [5.74, 6) is -0.0992. The zero-order valence-electron chi connectivity index (χ0n) is 16.9. The van der Waals surface area contributed by atoms with Gasteiger partial charge in [0.25, 0.3) is 0 Å². The normalized spacial score (nSPS) is 19.0. The van der Waals surface area contributed by atoms with Crippen molar-refractivity contribution in [3.63, 3.8) is 0 Å². The molecule has 1 fully saturated rings. The van der Waals surface area contributed by atoms with Gasteiger partial charge in [-0.1, -0.05) is 37.1 Å². The van der Waals surface area contributed by atoms with Crippen molar-refractivity contribution in [2.45, 2.75) is 43.9 Å². The lowest BCUT2D eigenvalue weighted by atomic mass is 9.90. The van der Waals surface area contributed by atoms with Crippen molar-refractivity contribution in [3.8, 4) is 17.0 Å². The van der Waals surface area contributed by atoms with Crippen LogP contribution < -0.4 is 10.6 Å². The van der Waals surface area contributed by atoms with Crippen molar-refractivity contribution >= 4 is 22.7 Å². The fourth-order valence-electron chi connectivity index (χ4n) is 4.13. The molecule has 2 aromatic carbocycles. The number of alkyl halides is 3. The Labute approximate surface area is 181 Å². The van der Waals surface area contributed by atoms with Crippen LogP contribution in [0.25, 0.3) is 22.0 Å². The maximum atomic E-state index is 13.0. The molecule has 10 heteroatoms. The van der Waals surface area contributed by atoms with Crippen molar-refractivity contribution in [1.29, 1.82) is 0 Å². The summed E-state index contributed by atoms with van der Waals surface area (Å²) >= 11 is 0. The monoisotopic (exact) mass is 446 g/mol. The molecular formula is C22H21F3N4O3. The van der Waals surface area contributed by atoms with E-state index in [0.29, 0.717) is 29.1 Å². The van der Waals surface area contributed by atoms with Gasteiger partial charge in [0.15, 0.2) is 5.82 Å². The first kappa shape index (κ1) is 21.7. The van der Waals surface area contributed by atoms with E-state index in [1.54, 1.807) is 24.3 Å². The minimum Gasteiger partial charge on any atom is -0.507 e. The highest BCUT2D eigenvalue weighted by molar-refractivity contribution is 6.00. The third kappa shape index (κ3) is 4.39. The quantitative estimate of drug-likeness (QED) is 0.449. The first-order valence-electron chi connectivity index (χ1n) is 10.2. The highest BCUT2D eigenvalue weighted by atomic mass is 19.4. The molecule has 0 aliphatic heterocycles. The molecule has 1 amide bonds. The summed E-state index contributed by atoms with van der Waals surface area (Å²) in [6.07, 6.45) is -2.35. The number of rotatable bonds is 4. The zero-order valence-corrected chi connectivity index (χ0v) is 16.9. The standard InChI is InChI=1S/C22H21F3N4O3/c23-22(24,25)12-9-10-15(18(30)11-12)19-13-5-1-2-6-14(13)20(29-28-19)26-16-7-3-4-8-17(16)27-21(31)32/h1-2,5-6,9-11,16-17,27,30H,3-4,7-8H2,(H,26,29)(H,31,32)/t16-,17-/m1/s1. The molecule has 2 atom stereocenters. The minimum atomic E-state index is -4.57. The molecule has 1 saturated carbocycles. The molecule has 1 aromatic heterocycles. The Hall–Kier alpha value is -3.56. The molecule has 1 aliphatic rings. The molecule has 0 bridgehead atoms. The van der Waals surface area contributed by atoms with E-state index in [0.717, 1.165) is 25.3 Å². The van der Waals surface area contributed by atoms with Crippen LogP contribution in [0.3, 0.4) is 0 Å². The summed E-state index contributed by atoms with van der Waals surface area (Å²) in [6.45, 7) is 0. The van der Waals surface area contributed by atoms with Gasteiger partial charge in [-0.15, -0.1) is 10.2 Å². The first-order valence-corrected chi connectivity index (χ1v) is 10.2. The largest absolute Gasteiger partial charge is 0.507 e. The van der Waals surface area contributed by atoms with E-state index in [1.807, 2.05) is 0 Å². The van der Waals surface area contributed by atoms with Crippen LogP contribution in [0.15, 0.2) is 42.5 Å². The number of phenols is 1. The summed E-state index contributed by atoms with van der Waals surface area (Å²) in [5.41, 5.74) is -0.568. The molecule has 4 rings (SSSR count). The number of aromatic hydroxyl groups is 1. The number of nitrogens with one attached hydrogen (secondary N) is 2. The van der Waals surface area contributed by atoms with Gasteiger partial charge in [-0.05, 0) is 31.0 Å². The van der Waals surface area contributed by atoms with Gasteiger partial charge in [0.1, 0.15) is 11.4 Å². The second-order valence-electron chi connectivity index (χ2n) is 7.76. The Morgan fingerprint density at radius 1 is 1.00 bits per heavy atom. The van der Waals surface area contributed by atoms with Gasteiger partial charge >= 0.3 is 12.3 Å². The Morgan fingerprint density at radius 2 is 1.69 bits per heavy atom. The van der Waals surface area contributed by atoms with Gasteiger partial charge < -0.3 is 20.8 Å². The molecule has 0 unspecified atom stereocenters. The van der Waals surface area contributed by atoms with Crippen LogP contribution in [0.2, 0.25) is 0 Å². The van der Waals surface area contributed by atoms with Crippen molar-refractivity contribution in [2.24, 2.45) is 0 Å². The van der Waals surface area contributed by atoms with E-state index >= 15 is 0 Å². The SMILES string of the molecule is O=C(O)N[C@@H]1CCCC[C@H]1Nc1nnc(-c2ccc(C(F)(F)F)cc2O)c2ccccc12. The average molecular weight is 446 g/mol. The minimum absolute atomic E-state index is 0.135. The van der Waals surface area contributed by atoms with Crippen molar-refractivity contribution < 1.29 is 28.2 Å². The number of nitrogens with zero attached hydrogens (tertiary/aromatic N) is 2. The van der Waals surface area contributed by atoms with E-state index in [9.17, 15) is 23.1 Å². The molecule has 0 spiro atoms. The summed E-state index contributed by atoms with van der Waals surface area (Å²) in [7, 11) is 0. The number of carboxylic acid groups (broad SMARTS) is 1. The number of aromatic nitrogens is 2. The number of phenolic OH excluding ortho intramolecular Hbond substituents is 1. The number of hydrogen-bond acceptors (Lipinski definition) is 5. The van der Waals surface area contributed by atoms with Gasteiger partial charge in [0.05, 0.1) is 11.6 Å². The molecule has 3 aromatic rings. The number of anilines is 1. The number of carbonyl (C=O) groups is 1. The zero-order chi connectivity index (χ0) is 22.9. The molecule has 1 aliphatic carbocycles. The Bertz CT molecular complexity index is 1150. The highest BCUT2D eigenvalue weighted by Crippen LogP contribution is 2.39. The molecule has 7 nitrogen and oxygen atoms in total. The summed E-state index contributed by atoms with van der Waals surface area (Å²) in [5, 5.41) is 34.9. The van der Waals surface area contributed by atoms with Crippen LogP contribution in [0.1, 0.15) is 31.2 Å². The van der Waals surface area contributed by atoms with Crippen molar-refractivity contribution in [1.82, 2.24) is 15.5 Å². The maximum absolute atomic E-state index is 13.0. The van der Waals surface area contributed by atoms with Gasteiger partial charge in [0.2, 0.25) is 0 Å². The smallest absolute Gasteiger partial charge is 0.416 e. The second kappa shape index (κ2) is 8.52. The van der Waals surface area contributed by atoms with Crippen LogP contribution in [-0.2, 0) is 6.18 Å². The highest BCUT2D eigenvalue weighted by Gasteiger charge is 2.32. The third-order valence-corrected chi connectivity index (χ3v) is 5.66. The van der Waals surface area contributed by atoms with Gasteiger partial charge in [0, 0.05) is 22.4 Å². The number of fused-ring (bicyclic) bond motifs is 1. The first-order chi connectivity index (χ1) is 15.2. The fraction of sp³-hybridized carbons (Fsp3) is 0.318. The lowest BCUT2D eigenvalue weighted by Crippen LogP contribution is -2.48. The van der Waals surface area contributed by atoms with Gasteiger partial charge in [-0.3, -0.25) is 0 Å². The van der Waals surface area contributed by atoms with E-state index < -0.39 is 23.6 Å². The van der Waals surface area contributed by atoms with E-state index in [-0.39, 0.29) is 23.3 Å². The van der Waals surface area contributed by atoms with E-state index in [2.05, 4.69) is 20.8 Å². The van der Waals surface area contributed by atoms with Crippen molar-refractivity contribution in [2.75, 3.05) is 5.32 Å². The van der Waals surface area contributed by atoms with Crippen molar-refractivity contribution in [3.05, 3.63) is 48.0 Å². The van der Waals surface area contributed by atoms with Crippen LogP contribution in [0.5, 0.6) is 5.75 Å². The number of amides is 1. The lowest BCUT2D eigenvalue weighted by Gasteiger charge is -2.32. The van der Waals surface area contributed by atoms with Crippen LogP contribution in [0, 0.1) is 0 Å².